The lowest BCUT2D eigenvalue weighted by molar-refractivity contribution is -0.381. The van der Waals surface area contributed by atoms with Crippen LogP contribution in [0.2, 0.25) is 0 Å². The van der Waals surface area contributed by atoms with E-state index in [1.54, 1.807) is 0 Å². The molecule has 5 aliphatic heterocycles. The van der Waals surface area contributed by atoms with E-state index in [1.165, 1.54) is 6.92 Å². The van der Waals surface area contributed by atoms with E-state index in [1.807, 2.05) is 0 Å². The summed E-state index contributed by atoms with van der Waals surface area (Å²) in [5.41, 5.74) is 0. The highest BCUT2D eigenvalue weighted by Crippen LogP contribution is 2.36. The summed E-state index contributed by atoms with van der Waals surface area (Å²) >= 11 is 0. The number of carbonyl (C=O) groups excluding carboxylic acids is 3. The molecule has 5 aliphatic rings. The standard InChI is InChI=1S/C42H73N3O30/c1-11-23(55)28(60)31(63)40(67-11)75-37-22(45-14(4)53)39(71-20(9-50)35(37)73-42-33(65)30(62)26(58)18(7-48)70-42)74-36-21(44-13(3)52)38(68-19(8-49)27(36)59)66-10-16(54)24(56)34(15(5-46)43-12(2)51)72-41-32(64)29(61)25(57)17(6-47)69-41/h11,15-42,46-50,54-65H,5-10H2,1-4H3,(H,43,51)(H,44,52)(H,45,53)/t11-,15+,16-,17-,18-,19-,20-,21-,22-,23+,24+,25+,26+,27-,28+,29+,30+,31-,32-,33-,34-,35-,36-,37-,38-,39+,40-,41+,42+/m1/s1. The molecule has 20 N–H and O–H groups in total. The normalized spacial score (nSPS) is 44.2. The first-order chi connectivity index (χ1) is 35.3. The molecule has 33 heteroatoms. The van der Waals surface area contributed by atoms with Crippen molar-refractivity contribution in [3.8, 4) is 0 Å². The van der Waals surface area contributed by atoms with Crippen molar-refractivity contribution in [2.75, 3.05) is 39.6 Å². The molecule has 0 unspecified atom stereocenters. The third-order valence-electron chi connectivity index (χ3n) is 13.2. The molecular weight excluding hydrogens is 1030 g/mol. The van der Waals surface area contributed by atoms with Gasteiger partial charge in [0.05, 0.1) is 51.8 Å². The van der Waals surface area contributed by atoms with Crippen LogP contribution in [0.3, 0.4) is 0 Å². The first-order valence-electron chi connectivity index (χ1n) is 23.9. The maximum Gasteiger partial charge on any atom is 0.217 e. The van der Waals surface area contributed by atoms with Crippen molar-refractivity contribution in [1.29, 1.82) is 0 Å². The monoisotopic (exact) mass is 1100 g/mol. The van der Waals surface area contributed by atoms with Crippen LogP contribution in [0.15, 0.2) is 0 Å². The number of aliphatic hydroxyl groups is 17. The molecule has 0 aromatic rings. The molecule has 0 aliphatic carbocycles. The Labute approximate surface area is 426 Å². The first kappa shape index (κ1) is 63.2. The largest absolute Gasteiger partial charge is 0.394 e. The number of nitrogens with one attached hydrogen (secondary N) is 3. The zero-order valence-corrected chi connectivity index (χ0v) is 40.9. The number of rotatable bonds is 22. The van der Waals surface area contributed by atoms with E-state index < -0.39 is 235 Å². The lowest BCUT2D eigenvalue weighted by Gasteiger charge is -2.52. The first-order valence-corrected chi connectivity index (χ1v) is 23.9. The quantitative estimate of drug-likeness (QED) is 0.0479. The van der Waals surface area contributed by atoms with Gasteiger partial charge in [-0.2, -0.15) is 0 Å². The van der Waals surface area contributed by atoms with E-state index in [-0.39, 0.29) is 0 Å². The molecule has 0 aromatic carbocycles. The zero-order valence-electron chi connectivity index (χ0n) is 40.9. The zero-order chi connectivity index (χ0) is 55.9. The molecule has 33 nitrogen and oxygen atoms in total. The predicted molar refractivity (Wildman–Crippen MR) is 235 cm³/mol. The summed E-state index contributed by atoms with van der Waals surface area (Å²) in [5, 5.41) is 188. The van der Waals surface area contributed by atoms with E-state index in [2.05, 4.69) is 16.0 Å². The van der Waals surface area contributed by atoms with E-state index in [0.717, 1.165) is 20.8 Å². The second-order valence-corrected chi connectivity index (χ2v) is 18.8. The van der Waals surface area contributed by atoms with Gasteiger partial charge in [-0.25, -0.2) is 0 Å². The van der Waals surface area contributed by atoms with Crippen molar-refractivity contribution in [3.05, 3.63) is 0 Å². The average molecular weight is 1100 g/mol. The number of hydrogen-bond acceptors (Lipinski definition) is 30. The highest BCUT2D eigenvalue weighted by molar-refractivity contribution is 5.74. The number of ether oxygens (including phenoxy) is 10. The highest BCUT2D eigenvalue weighted by atomic mass is 16.8. The van der Waals surface area contributed by atoms with Gasteiger partial charge in [-0.05, 0) is 6.92 Å². The lowest BCUT2D eigenvalue weighted by atomic mass is 9.93. The molecule has 0 saturated carbocycles. The summed E-state index contributed by atoms with van der Waals surface area (Å²) in [6.45, 7) is -1.63. The minimum Gasteiger partial charge on any atom is -0.394 e. The second kappa shape index (κ2) is 28.0. The van der Waals surface area contributed by atoms with Gasteiger partial charge >= 0.3 is 0 Å². The van der Waals surface area contributed by atoms with Crippen molar-refractivity contribution in [3.63, 3.8) is 0 Å². The van der Waals surface area contributed by atoms with Crippen LogP contribution < -0.4 is 16.0 Å². The van der Waals surface area contributed by atoms with Gasteiger partial charge in [0, 0.05) is 20.8 Å². The SMILES string of the molecule is CC(=O)N[C@H]1[C@H](O[C@H]2[C@H](O)[C@@H](CO)O[C@@H](OC[C@@H](O)[C@H](O)[C@H](O[C@@H]3O[C@H](CO)[C@H](O)[C@H](O)[C@H]3O)[C@H](CO)NC(C)=O)[C@@H]2NC(C)=O)O[C@H](CO)[C@@H](O[C@@H]2O[C@H](CO)[C@H](O)[C@H](O)[C@H]2O)[C@@H]1O[C@H]1O[C@H](C)[C@H](O)[C@H](O)[C@H]1O. The van der Waals surface area contributed by atoms with Crippen LogP contribution in [0.1, 0.15) is 27.7 Å². The van der Waals surface area contributed by atoms with Gasteiger partial charge in [0.15, 0.2) is 31.5 Å². The third-order valence-corrected chi connectivity index (χ3v) is 13.2. The Morgan fingerprint density at radius 2 is 0.907 bits per heavy atom. The Morgan fingerprint density at radius 1 is 0.480 bits per heavy atom. The molecule has 75 heavy (non-hydrogen) atoms. The Hall–Kier alpha value is -2.67. The molecule has 0 aromatic heterocycles. The summed E-state index contributed by atoms with van der Waals surface area (Å²) in [5.74, 6) is -2.53. The summed E-state index contributed by atoms with van der Waals surface area (Å²) in [6.07, 6.45) is -49.1. The molecular formula is C42H73N3O30. The van der Waals surface area contributed by atoms with Gasteiger partial charge in [0.2, 0.25) is 17.7 Å². The summed E-state index contributed by atoms with van der Waals surface area (Å²) in [4.78, 5) is 38.0. The molecule has 0 radical (unpaired) electrons. The number of carbonyl (C=O) groups is 3. The van der Waals surface area contributed by atoms with Gasteiger partial charge in [-0.15, -0.1) is 0 Å². The van der Waals surface area contributed by atoms with Crippen molar-refractivity contribution in [2.24, 2.45) is 0 Å². The Balaban J connectivity index is 1.49. The van der Waals surface area contributed by atoms with Crippen molar-refractivity contribution in [1.82, 2.24) is 16.0 Å². The Bertz CT molecular complexity index is 1800. The van der Waals surface area contributed by atoms with Crippen LogP contribution >= 0.6 is 0 Å². The fourth-order valence-corrected chi connectivity index (χ4v) is 9.16. The minimum atomic E-state index is -2.26. The van der Waals surface area contributed by atoms with E-state index in [0.29, 0.717) is 0 Å². The maximum atomic E-state index is 13.0. The molecule has 5 saturated heterocycles. The molecule has 5 rings (SSSR count). The van der Waals surface area contributed by atoms with E-state index in [9.17, 15) is 101 Å². The van der Waals surface area contributed by atoms with Crippen molar-refractivity contribution in [2.45, 2.75) is 205 Å². The highest BCUT2D eigenvalue weighted by Gasteiger charge is 2.57. The summed E-state index contributed by atoms with van der Waals surface area (Å²) in [7, 11) is 0. The lowest BCUT2D eigenvalue weighted by Crippen LogP contribution is -2.72. The van der Waals surface area contributed by atoms with E-state index in [4.69, 9.17) is 47.4 Å². The topological polar surface area (TPSA) is 524 Å². The van der Waals surface area contributed by atoms with Gasteiger partial charge in [-0.3, -0.25) is 14.4 Å². The van der Waals surface area contributed by atoms with Gasteiger partial charge in [0.25, 0.3) is 0 Å². The number of hydrogen-bond donors (Lipinski definition) is 20. The molecule has 0 spiro atoms. The average Bonchev–Trinajstić information content (AvgIpc) is 3.37. The van der Waals surface area contributed by atoms with Gasteiger partial charge < -0.3 is 150 Å². The van der Waals surface area contributed by atoms with Crippen LogP contribution in [0, 0.1) is 0 Å². The van der Waals surface area contributed by atoms with Crippen LogP contribution in [0.25, 0.3) is 0 Å². The predicted octanol–water partition coefficient (Wildman–Crippen LogP) is -13.0. The van der Waals surface area contributed by atoms with Gasteiger partial charge in [0.1, 0.15) is 134 Å². The second-order valence-electron chi connectivity index (χ2n) is 18.8. The number of aliphatic hydroxyl groups excluding tert-OH is 17. The van der Waals surface area contributed by atoms with Crippen molar-refractivity contribution >= 4 is 17.7 Å². The Kier molecular flexibility index (Phi) is 23.5. The fraction of sp³-hybridized carbons (Fsp3) is 0.929. The van der Waals surface area contributed by atoms with Crippen LogP contribution in [-0.2, 0) is 61.8 Å². The number of amides is 3. The smallest absolute Gasteiger partial charge is 0.217 e. The molecule has 5 fully saturated rings. The van der Waals surface area contributed by atoms with Crippen molar-refractivity contribution < 1.29 is 149 Å². The maximum absolute atomic E-state index is 13.0. The molecule has 5 heterocycles. The fourth-order valence-electron chi connectivity index (χ4n) is 9.16. The van der Waals surface area contributed by atoms with Crippen LogP contribution in [0.5, 0.6) is 0 Å². The van der Waals surface area contributed by atoms with Crippen LogP contribution in [0.4, 0.5) is 0 Å². The summed E-state index contributed by atoms with van der Waals surface area (Å²) in [6, 6.07) is -5.18. The summed E-state index contributed by atoms with van der Waals surface area (Å²) < 4.78 is 58.4. The minimum absolute atomic E-state index is 0.793. The van der Waals surface area contributed by atoms with Gasteiger partial charge in [-0.1, -0.05) is 0 Å². The molecule has 0 bridgehead atoms. The van der Waals surface area contributed by atoms with E-state index >= 15 is 0 Å². The molecule has 436 valence electrons. The molecule has 3 amide bonds. The molecule has 29 atom stereocenters. The third kappa shape index (κ3) is 14.8. The Morgan fingerprint density at radius 3 is 1.41 bits per heavy atom. The van der Waals surface area contributed by atoms with Crippen LogP contribution in [-0.4, -0.2) is 322 Å².